The summed E-state index contributed by atoms with van der Waals surface area (Å²) in [7, 11) is 0. The van der Waals surface area contributed by atoms with Crippen molar-refractivity contribution in [2.45, 2.75) is 19.4 Å². The fourth-order valence-electron chi connectivity index (χ4n) is 1.79. The fourth-order valence-corrected chi connectivity index (χ4v) is 1.79. The molecule has 3 nitrogen and oxygen atoms in total. The maximum absolute atomic E-state index is 11.8. The molecule has 0 fully saturated rings. The molecule has 0 aliphatic carbocycles. The molecule has 1 aliphatic heterocycles. The van der Waals surface area contributed by atoms with E-state index in [0.29, 0.717) is 13.2 Å². The molecule has 1 amide bonds. The maximum Gasteiger partial charge on any atom is 0.410 e. The van der Waals surface area contributed by atoms with Crippen LogP contribution in [0.25, 0.3) is 0 Å². The van der Waals surface area contributed by atoms with Crippen LogP contribution in [0.2, 0.25) is 0 Å². The monoisotopic (exact) mass is 231 g/mol. The normalized spacial score (nSPS) is 15.4. The Hall–Kier alpha value is -1.77. The van der Waals surface area contributed by atoms with Gasteiger partial charge in [0, 0.05) is 13.1 Å². The molecule has 0 radical (unpaired) electrons. The van der Waals surface area contributed by atoms with Crippen LogP contribution in [0.4, 0.5) is 4.79 Å². The van der Waals surface area contributed by atoms with E-state index in [2.05, 4.69) is 6.08 Å². The molecule has 1 aromatic rings. The predicted octanol–water partition coefficient (Wildman–Crippen LogP) is 2.98. The molecule has 0 spiro atoms. The van der Waals surface area contributed by atoms with Crippen molar-refractivity contribution >= 4 is 6.09 Å². The summed E-state index contributed by atoms with van der Waals surface area (Å²) in [6.45, 7) is 1.79. The Bertz CT molecular complexity index is 386. The Morgan fingerprint density at radius 2 is 2.06 bits per heavy atom. The summed E-state index contributed by atoms with van der Waals surface area (Å²) in [4.78, 5) is 13.5. The van der Waals surface area contributed by atoms with E-state index in [4.69, 9.17) is 4.74 Å². The number of rotatable bonds is 2. The lowest BCUT2D eigenvalue weighted by molar-refractivity contribution is 0.100. The first kappa shape index (κ1) is 11.7. The third kappa shape index (κ3) is 3.63. The molecule has 3 heteroatoms. The lowest BCUT2D eigenvalue weighted by Crippen LogP contribution is -2.31. The molecule has 1 aromatic carbocycles. The molecular weight excluding hydrogens is 214 g/mol. The first-order valence-electron chi connectivity index (χ1n) is 5.97. The number of nitrogens with zero attached hydrogens (tertiary/aromatic N) is 1. The van der Waals surface area contributed by atoms with Crippen LogP contribution >= 0.6 is 0 Å². The first-order valence-corrected chi connectivity index (χ1v) is 5.97. The largest absolute Gasteiger partial charge is 0.445 e. The van der Waals surface area contributed by atoms with E-state index in [-0.39, 0.29) is 6.09 Å². The van der Waals surface area contributed by atoms with Gasteiger partial charge in [-0.25, -0.2) is 4.79 Å². The second-order valence-electron chi connectivity index (χ2n) is 4.10. The zero-order valence-corrected chi connectivity index (χ0v) is 9.84. The van der Waals surface area contributed by atoms with Crippen LogP contribution in [0.5, 0.6) is 0 Å². The quantitative estimate of drug-likeness (QED) is 0.732. The molecule has 90 valence electrons. The van der Waals surface area contributed by atoms with Crippen molar-refractivity contribution in [1.82, 2.24) is 4.90 Å². The zero-order chi connectivity index (χ0) is 11.9. The summed E-state index contributed by atoms with van der Waals surface area (Å²) >= 11 is 0. The summed E-state index contributed by atoms with van der Waals surface area (Å²) in [5.41, 5.74) is 1.02. The number of hydrogen-bond donors (Lipinski definition) is 0. The highest BCUT2D eigenvalue weighted by molar-refractivity contribution is 5.67. The highest BCUT2D eigenvalue weighted by Crippen LogP contribution is 2.07. The van der Waals surface area contributed by atoms with Gasteiger partial charge in [-0.2, -0.15) is 0 Å². The number of ether oxygens (including phenoxy) is 1. The number of amides is 1. The Morgan fingerprint density at radius 3 is 2.88 bits per heavy atom. The van der Waals surface area contributed by atoms with Crippen molar-refractivity contribution in [2.75, 3.05) is 13.1 Å². The van der Waals surface area contributed by atoms with Gasteiger partial charge in [0.05, 0.1) is 0 Å². The van der Waals surface area contributed by atoms with E-state index in [1.165, 1.54) is 0 Å². The van der Waals surface area contributed by atoms with Gasteiger partial charge in [0.15, 0.2) is 0 Å². The predicted molar refractivity (Wildman–Crippen MR) is 66.6 cm³/mol. The second kappa shape index (κ2) is 6.09. The third-order valence-electron chi connectivity index (χ3n) is 2.75. The van der Waals surface area contributed by atoms with Crippen molar-refractivity contribution in [1.29, 1.82) is 0 Å². The molecule has 17 heavy (non-hydrogen) atoms. The lowest BCUT2D eigenvalue weighted by Gasteiger charge is -2.19. The van der Waals surface area contributed by atoms with Gasteiger partial charge < -0.3 is 9.64 Å². The Morgan fingerprint density at radius 1 is 1.24 bits per heavy atom. The van der Waals surface area contributed by atoms with Crippen LogP contribution < -0.4 is 0 Å². The van der Waals surface area contributed by atoms with Gasteiger partial charge in [0.25, 0.3) is 0 Å². The number of carbonyl (C=O) groups excluding carboxylic acids is 1. The summed E-state index contributed by atoms with van der Waals surface area (Å²) in [5, 5.41) is 0. The van der Waals surface area contributed by atoms with Crippen molar-refractivity contribution in [3.8, 4) is 0 Å². The average molecular weight is 231 g/mol. The standard InChI is InChI=1S/C14H17NO2/c16-14(15-10-6-1-2-7-11-15)17-12-13-8-4-3-5-9-13/h1,3-6,8-9H,2,7,10-12H2. The maximum atomic E-state index is 11.8. The molecule has 0 saturated heterocycles. The van der Waals surface area contributed by atoms with Crippen LogP contribution in [-0.4, -0.2) is 24.1 Å². The molecule has 0 atom stereocenters. The van der Waals surface area contributed by atoms with Gasteiger partial charge in [-0.3, -0.25) is 0 Å². The van der Waals surface area contributed by atoms with E-state index >= 15 is 0 Å². The molecular formula is C14H17NO2. The fraction of sp³-hybridized carbons (Fsp3) is 0.357. The number of allylic oxidation sites excluding steroid dienone is 1. The smallest absolute Gasteiger partial charge is 0.410 e. The molecule has 1 heterocycles. The summed E-state index contributed by atoms with van der Waals surface area (Å²) in [6, 6.07) is 9.74. The summed E-state index contributed by atoms with van der Waals surface area (Å²) in [6.07, 6.45) is 5.97. The molecule has 2 rings (SSSR count). The molecule has 0 unspecified atom stereocenters. The molecule has 0 aromatic heterocycles. The van der Waals surface area contributed by atoms with Crippen LogP contribution in [0.3, 0.4) is 0 Å². The molecule has 0 bridgehead atoms. The van der Waals surface area contributed by atoms with Gasteiger partial charge >= 0.3 is 6.09 Å². The topological polar surface area (TPSA) is 29.5 Å². The van der Waals surface area contributed by atoms with Crippen LogP contribution in [0.15, 0.2) is 42.5 Å². The van der Waals surface area contributed by atoms with Gasteiger partial charge in [-0.15, -0.1) is 0 Å². The minimum atomic E-state index is -0.222. The zero-order valence-electron chi connectivity index (χ0n) is 9.84. The molecule has 0 N–H and O–H groups in total. The van der Waals surface area contributed by atoms with Crippen molar-refractivity contribution < 1.29 is 9.53 Å². The Kier molecular flexibility index (Phi) is 4.19. The molecule has 1 aliphatic rings. The third-order valence-corrected chi connectivity index (χ3v) is 2.75. The van der Waals surface area contributed by atoms with Crippen molar-refractivity contribution in [3.05, 3.63) is 48.0 Å². The highest BCUT2D eigenvalue weighted by atomic mass is 16.6. The van der Waals surface area contributed by atoms with Gasteiger partial charge in [0.1, 0.15) is 6.61 Å². The number of benzene rings is 1. The summed E-state index contributed by atoms with van der Waals surface area (Å²) < 4.78 is 5.28. The Labute approximate surface area is 102 Å². The molecule has 0 saturated carbocycles. The van der Waals surface area contributed by atoms with Gasteiger partial charge in [0.2, 0.25) is 0 Å². The van der Waals surface area contributed by atoms with E-state index in [1.54, 1.807) is 4.90 Å². The van der Waals surface area contributed by atoms with Gasteiger partial charge in [-0.05, 0) is 18.4 Å². The average Bonchev–Trinajstić information content (AvgIpc) is 2.66. The van der Waals surface area contributed by atoms with Gasteiger partial charge in [-0.1, -0.05) is 42.5 Å². The van der Waals surface area contributed by atoms with Crippen LogP contribution in [0, 0.1) is 0 Å². The summed E-state index contributed by atoms with van der Waals surface area (Å²) in [5.74, 6) is 0. The van der Waals surface area contributed by atoms with E-state index in [9.17, 15) is 4.79 Å². The van der Waals surface area contributed by atoms with Crippen molar-refractivity contribution in [2.24, 2.45) is 0 Å². The highest BCUT2D eigenvalue weighted by Gasteiger charge is 2.14. The van der Waals surface area contributed by atoms with Crippen molar-refractivity contribution in [3.63, 3.8) is 0 Å². The second-order valence-corrected chi connectivity index (χ2v) is 4.10. The van der Waals surface area contributed by atoms with Crippen LogP contribution in [-0.2, 0) is 11.3 Å². The lowest BCUT2D eigenvalue weighted by atomic mass is 10.2. The number of carbonyl (C=O) groups is 1. The minimum absolute atomic E-state index is 0.222. The van der Waals surface area contributed by atoms with Crippen LogP contribution in [0.1, 0.15) is 18.4 Å². The first-order chi connectivity index (χ1) is 8.36. The van der Waals surface area contributed by atoms with E-state index in [0.717, 1.165) is 24.9 Å². The SMILES string of the molecule is O=C(OCc1ccccc1)N1CC=CCCC1. The van der Waals surface area contributed by atoms with E-state index in [1.807, 2.05) is 36.4 Å². The number of hydrogen-bond acceptors (Lipinski definition) is 2. The van der Waals surface area contributed by atoms with E-state index < -0.39 is 0 Å². The Balaban J connectivity index is 1.82. The minimum Gasteiger partial charge on any atom is -0.445 e.